The van der Waals surface area contributed by atoms with Crippen molar-refractivity contribution in [3.63, 3.8) is 0 Å². The van der Waals surface area contributed by atoms with Crippen molar-refractivity contribution in [2.45, 2.75) is 50.8 Å². The van der Waals surface area contributed by atoms with E-state index in [2.05, 4.69) is 15.2 Å². The Bertz CT molecular complexity index is 2230. The molecule has 0 spiro atoms. The van der Waals surface area contributed by atoms with E-state index in [-0.39, 0.29) is 48.5 Å². The van der Waals surface area contributed by atoms with Gasteiger partial charge in [-0.25, -0.2) is 14.2 Å². The summed E-state index contributed by atoms with van der Waals surface area (Å²) in [6.45, 7) is 5.42. The number of hydrogen-bond acceptors (Lipinski definition) is 11. The van der Waals surface area contributed by atoms with Crippen LogP contribution in [0.2, 0.25) is 0 Å². The van der Waals surface area contributed by atoms with Crippen LogP contribution in [0, 0.1) is 12.7 Å². The number of aromatic nitrogens is 2. The van der Waals surface area contributed by atoms with Crippen LogP contribution in [0.25, 0.3) is 10.8 Å². The fourth-order valence-electron chi connectivity index (χ4n) is 6.59. The number of nitrogens with zero attached hydrogens (tertiary/aromatic N) is 4. The maximum atomic E-state index is 15.2. The van der Waals surface area contributed by atoms with Gasteiger partial charge in [0.1, 0.15) is 23.1 Å². The van der Waals surface area contributed by atoms with Crippen molar-refractivity contribution >= 4 is 38.6 Å². The number of benzene rings is 4. The van der Waals surface area contributed by atoms with Crippen LogP contribution in [0.4, 0.5) is 20.8 Å². The average Bonchev–Trinajstić information content (AvgIpc) is 3.14. The van der Waals surface area contributed by atoms with E-state index in [0.29, 0.717) is 55.0 Å². The zero-order valence-electron chi connectivity index (χ0n) is 29.7. The number of carbonyl (C=O) groups is 1. The second kappa shape index (κ2) is 15.2. The Labute approximate surface area is 307 Å². The topological polar surface area (TPSA) is 132 Å². The fourth-order valence-corrected chi connectivity index (χ4v) is 7.50. The minimum atomic E-state index is -4.24. The van der Waals surface area contributed by atoms with Crippen LogP contribution in [0.3, 0.4) is 0 Å². The van der Waals surface area contributed by atoms with Gasteiger partial charge >= 0.3 is 16.2 Å². The molecule has 53 heavy (non-hydrogen) atoms. The van der Waals surface area contributed by atoms with Crippen molar-refractivity contribution in [2.24, 2.45) is 0 Å². The summed E-state index contributed by atoms with van der Waals surface area (Å²) in [7, 11) is -2.70. The van der Waals surface area contributed by atoms with E-state index >= 15 is 4.39 Å². The highest BCUT2D eigenvalue weighted by Crippen LogP contribution is 2.39. The third kappa shape index (κ3) is 7.83. The summed E-state index contributed by atoms with van der Waals surface area (Å²) in [5, 5.41) is 4.45. The van der Waals surface area contributed by atoms with Gasteiger partial charge in [0.2, 0.25) is 11.8 Å². The second-order valence-corrected chi connectivity index (χ2v) is 14.6. The van der Waals surface area contributed by atoms with Crippen molar-refractivity contribution in [1.29, 1.82) is 0 Å². The minimum absolute atomic E-state index is 0.00476. The molecule has 1 amide bonds. The van der Waals surface area contributed by atoms with Crippen LogP contribution < -0.4 is 24.0 Å². The number of hydrogen-bond donors (Lipinski definition) is 1. The van der Waals surface area contributed by atoms with Crippen molar-refractivity contribution in [3.05, 3.63) is 113 Å². The second-order valence-electron chi connectivity index (χ2n) is 13.1. The van der Waals surface area contributed by atoms with Gasteiger partial charge in [-0.3, -0.25) is 0 Å². The van der Waals surface area contributed by atoms with Crippen LogP contribution in [0.1, 0.15) is 34.9 Å². The van der Waals surface area contributed by atoms with Crippen molar-refractivity contribution in [2.75, 3.05) is 43.3 Å². The molecular weight excluding hydrogens is 702 g/mol. The number of rotatable bonds is 12. The van der Waals surface area contributed by atoms with Gasteiger partial charge in [0.15, 0.2) is 6.79 Å². The van der Waals surface area contributed by atoms with Crippen molar-refractivity contribution < 1.29 is 36.0 Å². The molecule has 276 valence electrons. The van der Waals surface area contributed by atoms with E-state index in [4.69, 9.17) is 23.4 Å². The molecule has 0 bridgehead atoms. The summed E-state index contributed by atoms with van der Waals surface area (Å²) in [5.41, 5.74) is 4.26. The van der Waals surface area contributed by atoms with Gasteiger partial charge in [0, 0.05) is 49.4 Å². The Morgan fingerprint density at radius 2 is 1.77 bits per heavy atom. The molecule has 0 saturated carbocycles. The maximum absolute atomic E-state index is 15.2. The molecule has 1 fully saturated rings. The number of halogens is 1. The van der Waals surface area contributed by atoms with Crippen LogP contribution in [0.15, 0.2) is 83.8 Å². The molecule has 2 aliphatic rings. The van der Waals surface area contributed by atoms with Crippen molar-refractivity contribution in [3.8, 4) is 11.6 Å². The number of aryl methyl sites for hydroxylation is 2. The molecular formula is C39H40FN5O7S. The summed E-state index contributed by atoms with van der Waals surface area (Å²) >= 11 is 0. The first-order chi connectivity index (χ1) is 25.6. The highest BCUT2D eigenvalue weighted by atomic mass is 32.2. The van der Waals surface area contributed by atoms with E-state index in [0.717, 1.165) is 27.6 Å². The van der Waals surface area contributed by atoms with E-state index in [9.17, 15) is 13.2 Å². The monoisotopic (exact) mass is 741 g/mol. The van der Waals surface area contributed by atoms with Gasteiger partial charge in [0.25, 0.3) is 0 Å². The van der Waals surface area contributed by atoms with Gasteiger partial charge in [-0.05, 0) is 60.5 Å². The molecule has 3 heterocycles. The zero-order chi connectivity index (χ0) is 37.1. The van der Waals surface area contributed by atoms with E-state index in [1.54, 1.807) is 18.2 Å². The predicted molar refractivity (Wildman–Crippen MR) is 197 cm³/mol. The molecule has 1 saturated heterocycles. The Balaban J connectivity index is 1.19. The summed E-state index contributed by atoms with van der Waals surface area (Å²) in [6, 6.07) is 22.5. The van der Waals surface area contributed by atoms with Gasteiger partial charge in [-0.15, -0.1) is 0 Å². The van der Waals surface area contributed by atoms with E-state index < -0.39 is 16.2 Å². The molecule has 4 aromatic carbocycles. The van der Waals surface area contributed by atoms with Gasteiger partial charge in [0.05, 0.1) is 18.3 Å². The molecule has 0 unspecified atom stereocenters. The van der Waals surface area contributed by atoms with Gasteiger partial charge in [-0.2, -0.15) is 13.4 Å². The number of fused-ring (bicyclic) bond motifs is 2. The highest BCUT2D eigenvalue weighted by Gasteiger charge is 2.34. The molecule has 2 aliphatic heterocycles. The summed E-state index contributed by atoms with van der Waals surface area (Å²) in [6.07, 6.45) is 0.289. The van der Waals surface area contributed by atoms with E-state index in [1.807, 2.05) is 61.2 Å². The first kappa shape index (κ1) is 35.9. The predicted octanol–water partition coefficient (Wildman–Crippen LogP) is 6.07. The molecule has 7 rings (SSSR count). The normalized spacial score (nSPS) is 14.4. The number of anilines is 2. The first-order valence-corrected chi connectivity index (χ1v) is 18.8. The fraction of sp³-hybridized carbons (Fsp3) is 0.308. The number of carbonyl (C=O) groups excluding carboxylic acids is 1. The number of amides is 1. The quantitative estimate of drug-likeness (QED) is 0.118. The number of methoxy groups -OCH3 is 1. The summed E-state index contributed by atoms with van der Waals surface area (Å²) in [4.78, 5) is 26.0. The molecule has 14 heteroatoms. The molecule has 1 N–H and O–H groups in total. The lowest BCUT2D eigenvalue weighted by atomic mass is 9.97. The molecule has 1 aromatic heterocycles. The lowest BCUT2D eigenvalue weighted by Crippen LogP contribution is -2.60. The number of nitrogens with one attached hydrogen (secondary N) is 1. The Hall–Kier alpha value is -5.47. The summed E-state index contributed by atoms with van der Waals surface area (Å²) < 4.78 is 64.4. The maximum Gasteiger partial charge on any atom is 0.407 e. The van der Waals surface area contributed by atoms with Crippen LogP contribution >= 0.6 is 0 Å². The molecule has 0 atom stereocenters. The van der Waals surface area contributed by atoms with Gasteiger partial charge in [-0.1, -0.05) is 61.0 Å². The largest absolute Gasteiger partial charge is 0.467 e. The third-order valence-corrected chi connectivity index (χ3v) is 10.6. The SMILES string of the molecule is CCc1c(F)ccc2cc(OCOC)cc(N3CCc4c(nc(N5CC(NC(=O)OCc6ccccc6)C5)nc4OS(=O)(=O)c4ccc(C)cc4)C3)c12. The highest BCUT2D eigenvalue weighted by molar-refractivity contribution is 7.87. The lowest BCUT2D eigenvalue weighted by Gasteiger charge is -2.40. The number of ether oxygens (including phenoxy) is 3. The minimum Gasteiger partial charge on any atom is -0.467 e. The average molecular weight is 742 g/mol. The van der Waals surface area contributed by atoms with Gasteiger partial charge < -0.3 is 33.5 Å². The molecule has 0 radical (unpaired) electrons. The molecule has 0 aliphatic carbocycles. The Morgan fingerprint density at radius 1 is 1.00 bits per heavy atom. The Morgan fingerprint density at radius 3 is 2.51 bits per heavy atom. The van der Waals surface area contributed by atoms with Crippen molar-refractivity contribution in [1.82, 2.24) is 15.3 Å². The molecule has 12 nitrogen and oxygen atoms in total. The molecule has 5 aromatic rings. The Kier molecular flexibility index (Phi) is 10.3. The van der Waals surface area contributed by atoms with E-state index in [1.165, 1.54) is 25.3 Å². The smallest absolute Gasteiger partial charge is 0.407 e. The third-order valence-electron chi connectivity index (χ3n) is 9.37. The van der Waals surface area contributed by atoms with Crippen LogP contribution in [-0.2, 0) is 45.6 Å². The zero-order valence-corrected chi connectivity index (χ0v) is 30.5. The van der Waals surface area contributed by atoms with Crippen LogP contribution in [-0.4, -0.2) is 64.1 Å². The van der Waals surface area contributed by atoms with Crippen LogP contribution in [0.5, 0.6) is 11.6 Å². The standard InChI is InChI=1S/C39H40FN5O7S/c1-4-31-33(40)15-12-27-18-29(51-24-49-3)19-35(36(27)31)44-17-16-32-34(22-44)42-38(43-37(32)52-53(47,48)30-13-10-25(2)11-14-30)45-20-28(21-45)41-39(46)50-23-26-8-6-5-7-9-26/h5-15,18-19,28H,4,16-17,20-24H2,1-3H3,(H,41,46). The number of alkyl carbamates (subject to hydrolysis) is 1. The summed E-state index contributed by atoms with van der Waals surface area (Å²) in [5.74, 6) is 0.478. The first-order valence-electron chi connectivity index (χ1n) is 17.4. The lowest BCUT2D eigenvalue weighted by molar-refractivity contribution is 0.0512.